The third-order valence-electron chi connectivity index (χ3n) is 5.20. The lowest BCUT2D eigenvalue weighted by Gasteiger charge is -2.27. The Bertz CT molecular complexity index is 917. The minimum atomic E-state index is -0.681. The Morgan fingerprint density at radius 3 is 2.46 bits per heavy atom. The first-order chi connectivity index (χ1) is 13.6. The number of benzene rings is 2. The van der Waals surface area contributed by atoms with Crippen LogP contribution in [0.1, 0.15) is 30.0 Å². The van der Waals surface area contributed by atoms with Crippen LogP contribution >= 0.6 is 11.6 Å². The molecule has 2 saturated heterocycles. The molecule has 28 heavy (non-hydrogen) atoms. The summed E-state index contributed by atoms with van der Waals surface area (Å²) < 4.78 is 5.68. The molecule has 0 aliphatic carbocycles. The highest BCUT2D eigenvalue weighted by Gasteiger charge is 2.46. The average molecular weight is 398 g/mol. The third kappa shape index (κ3) is 3.43. The van der Waals surface area contributed by atoms with Gasteiger partial charge in [-0.2, -0.15) is 0 Å². The van der Waals surface area contributed by atoms with Crippen molar-refractivity contribution in [2.24, 2.45) is 0 Å². The Balaban J connectivity index is 1.81. The summed E-state index contributed by atoms with van der Waals surface area (Å²) in [4.78, 5) is 27.2. The van der Waals surface area contributed by atoms with Crippen molar-refractivity contribution in [3.8, 4) is 0 Å². The van der Waals surface area contributed by atoms with Crippen LogP contribution in [0.4, 0.5) is 0 Å². The van der Waals surface area contributed by atoms with Gasteiger partial charge < -0.3 is 14.7 Å². The van der Waals surface area contributed by atoms with Gasteiger partial charge in [-0.15, -0.1) is 0 Å². The van der Waals surface area contributed by atoms with Gasteiger partial charge in [-0.1, -0.05) is 54.1 Å². The largest absolute Gasteiger partial charge is 0.507 e. The van der Waals surface area contributed by atoms with Crippen molar-refractivity contribution in [1.82, 2.24) is 4.90 Å². The number of likely N-dealkylation sites (tertiary alicyclic amines) is 1. The summed E-state index contributed by atoms with van der Waals surface area (Å²) in [5, 5.41) is 11.5. The van der Waals surface area contributed by atoms with Gasteiger partial charge in [-0.3, -0.25) is 9.59 Å². The molecule has 1 amide bonds. The number of Topliss-reactive ketones (excluding diaryl/α,β-unsaturated/α-hetero) is 1. The van der Waals surface area contributed by atoms with Gasteiger partial charge in [0.1, 0.15) is 5.76 Å². The maximum atomic E-state index is 12.9. The molecule has 0 aromatic heterocycles. The van der Waals surface area contributed by atoms with Crippen LogP contribution in [0.15, 0.2) is 60.2 Å². The van der Waals surface area contributed by atoms with E-state index < -0.39 is 17.7 Å². The van der Waals surface area contributed by atoms with E-state index in [9.17, 15) is 14.7 Å². The minimum Gasteiger partial charge on any atom is -0.507 e. The zero-order valence-electron chi connectivity index (χ0n) is 15.2. The Labute approximate surface area is 168 Å². The maximum absolute atomic E-state index is 12.9. The van der Waals surface area contributed by atoms with E-state index in [0.29, 0.717) is 23.7 Å². The van der Waals surface area contributed by atoms with E-state index in [-0.39, 0.29) is 17.4 Å². The number of amides is 1. The first-order valence-electron chi connectivity index (χ1n) is 9.27. The number of aliphatic hydroxyl groups is 1. The van der Waals surface area contributed by atoms with Gasteiger partial charge in [-0.25, -0.2) is 0 Å². The number of carbonyl (C=O) groups excluding carboxylic acids is 2. The smallest absolute Gasteiger partial charge is 0.295 e. The molecule has 2 aliphatic heterocycles. The summed E-state index contributed by atoms with van der Waals surface area (Å²) in [5.74, 6) is -1.47. The summed E-state index contributed by atoms with van der Waals surface area (Å²) in [6.07, 6.45) is 1.67. The van der Waals surface area contributed by atoms with Crippen molar-refractivity contribution in [2.45, 2.75) is 25.0 Å². The summed E-state index contributed by atoms with van der Waals surface area (Å²) in [6, 6.07) is 15.1. The Morgan fingerprint density at radius 1 is 1.11 bits per heavy atom. The summed E-state index contributed by atoms with van der Waals surface area (Å²) >= 11 is 6.02. The van der Waals surface area contributed by atoms with E-state index in [4.69, 9.17) is 16.3 Å². The topological polar surface area (TPSA) is 66.8 Å². The number of hydrogen-bond donors (Lipinski definition) is 1. The van der Waals surface area contributed by atoms with Crippen LogP contribution in [0.2, 0.25) is 5.02 Å². The molecule has 0 radical (unpaired) electrons. The highest BCUT2D eigenvalue weighted by molar-refractivity contribution is 6.46. The molecule has 2 aliphatic rings. The lowest BCUT2D eigenvalue weighted by Crippen LogP contribution is -2.36. The number of ether oxygens (including phenoxy) is 1. The first kappa shape index (κ1) is 18.7. The second-order valence-electron chi connectivity index (χ2n) is 7.00. The average Bonchev–Trinajstić information content (AvgIpc) is 3.31. The fraction of sp³-hybridized carbons (Fsp3) is 0.273. The monoisotopic (exact) mass is 397 g/mol. The fourth-order valence-electron chi connectivity index (χ4n) is 3.82. The van der Waals surface area contributed by atoms with Crippen LogP contribution in [-0.4, -0.2) is 41.0 Å². The van der Waals surface area contributed by atoms with E-state index in [1.807, 2.05) is 6.07 Å². The first-order valence-corrected chi connectivity index (χ1v) is 9.65. The van der Waals surface area contributed by atoms with Gasteiger partial charge in [0.05, 0.1) is 17.7 Å². The second-order valence-corrected chi connectivity index (χ2v) is 7.44. The molecule has 4 rings (SSSR count). The highest BCUT2D eigenvalue weighted by atomic mass is 35.5. The number of nitrogens with zero attached hydrogens (tertiary/aromatic N) is 1. The van der Waals surface area contributed by atoms with Crippen LogP contribution in [0, 0.1) is 0 Å². The number of carbonyl (C=O) groups is 2. The highest BCUT2D eigenvalue weighted by Crippen LogP contribution is 2.40. The molecule has 2 aromatic carbocycles. The number of aliphatic hydroxyl groups excluding tert-OH is 1. The second kappa shape index (κ2) is 7.78. The molecule has 2 heterocycles. The minimum absolute atomic E-state index is 0.0940. The van der Waals surface area contributed by atoms with Crippen LogP contribution in [0.5, 0.6) is 0 Å². The molecule has 2 atom stereocenters. The van der Waals surface area contributed by atoms with E-state index in [1.54, 1.807) is 48.5 Å². The lowest BCUT2D eigenvalue weighted by atomic mass is 9.95. The number of hydrogen-bond acceptors (Lipinski definition) is 4. The van der Waals surface area contributed by atoms with Gasteiger partial charge in [0, 0.05) is 23.7 Å². The molecule has 1 N–H and O–H groups in total. The van der Waals surface area contributed by atoms with Gasteiger partial charge in [-0.05, 0) is 30.5 Å². The molecule has 0 spiro atoms. The molecular weight excluding hydrogens is 378 g/mol. The molecular formula is C22H20ClNO4. The molecule has 144 valence electrons. The van der Waals surface area contributed by atoms with Gasteiger partial charge in [0.15, 0.2) is 0 Å². The van der Waals surface area contributed by atoms with Crippen molar-refractivity contribution in [3.05, 3.63) is 76.3 Å². The van der Waals surface area contributed by atoms with Gasteiger partial charge >= 0.3 is 0 Å². The van der Waals surface area contributed by atoms with E-state index in [2.05, 4.69) is 0 Å². The van der Waals surface area contributed by atoms with E-state index in [1.165, 1.54) is 4.90 Å². The quantitative estimate of drug-likeness (QED) is 0.482. The molecule has 2 aromatic rings. The Morgan fingerprint density at radius 2 is 1.82 bits per heavy atom. The predicted octanol–water partition coefficient (Wildman–Crippen LogP) is 3.94. The number of rotatable bonds is 4. The standard InChI is InChI=1S/C22H20ClNO4/c23-16-10-8-14(9-11-16)19-18(20(25)15-5-2-1-3-6-15)21(26)22(27)24(19)13-17-7-4-12-28-17/h1-3,5-6,8-11,17,19,25H,4,7,12-13H2/b20-18+/t17-,19+/m0/s1. The van der Waals surface area contributed by atoms with Crippen molar-refractivity contribution in [2.75, 3.05) is 13.2 Å². The molecule has 5 nitrogen and oxygen atoms in total. The van der Waals surface area contributed by atoms with Crippen LogP contribution in [0.3, 0.4) is 0 Å². The lowest BCUT2D eigenvalue weighted by molar-refractivity contribution is -0.140. The van der Waals surface area contributed by atoms with E-state index >= 15 is 0 Å². The van der Waals surface area contributed by atoms with Crippen LogP contribution < -0.4 is 0 Å². The van der Waals surface area contributed by atoms with Crippen LogP contribution in [0.25, 0.3) is 5.76 Å². The molecule has 2 fully saturated rings. The van der Waals surface area contributed by atoms with Crippen molar-refractivity contribution < 1.29 is 19.4 Å². The zero-order chi connectivity index (χ0) is 19.7. The predicted molar refractivity (Wildman–Crippen MR) is 106 cm³/mol. The number of halogens is 1. The SMILES string of the molecule is O=C1C(=O)N(C[C@@H]2CCCO2)[C@H](c2ccc(Cl)cc2)/C1=C(\O)c1ccccc1. The summed E-state index contributed by atoms with van der Waals surface area (Å²) in [6.45, 7) is 0.966. The van der Waals surface area contributed by atoms with Gasteiger partial charge in [0.2, 0.25) is 0 Å². The molecule has 0 saturated carbocycles. The van der Waals surface area contributed by atoms with Crippen molar-refractivity contribution in [3.63, 3.8) is 0 Å². The third-order valence-corrected chi connectivity index (χ3v) is 5.45. The zero-order valence-corrected chi connectivity index (χ0v) is 15.9. The summed E-state index contributed by atoms with van der Waals surface area (Å²) in [5.41, 5.74) is 1.31. The maximum Gasteiger partial charge on any atom is 0.295 e. The molecule has 0 bridgehead atoms. The Hall–Kier alpha value is -2.63. The fourth-order valence-corrected chi connectivity index (χ4v) is 3.95. The Kier molecular flexibility index (Phi) is 5.20. The van der Waals surface area contributed by atoms with Crippen LogP contribution in [-0.2, 0) is 14.3 Å². The van der Waals surface area contributed by atoms with Crippen molar-refractivity contribution >= 4 is 29.1 Å². The molecule has 0 unspecified atom stereocenters. The van der Waals surface area contributed by atoms with Crippen molar-refractivity contribution in [1.29, 1.82) is 0 Å². The van der Waals surface area contributed by atoms with Gasteiger partial charge in [0.25, 0.3) is 11.7 Å². The summed E-state index contributed by atoms with van der Waals surface area (Å²) in [7, 11) is 0. The molecule has 6 heteroatoms. The van der Waals surface area contributed by atoms with E-state index in [0.717, 1.165) is 18.4 Å². The number of ketones is 1. The normalized spacial score (nSPS) is 24.1.